The Morgan fingerprint density at radius 1 is 1.09 bits per heavy atom. The predicted molar refractivity (Wildman–Crippen MR) is 146 cm³/mol. The quantitative estimate of drug-likeness (QED) is 0.502. The Kier molecular flexibility index (Phi) is 9.61. The first-order valence-corrected chi connectivity index (χ1v) is 11.0. The molecule has 9 nitrogen and oxygen atoms in total. The molecule has 0 radical (unpaired) electrons. The van der Waals surface area contributed by atoms with E-state index in [1.807, 2.05) is 24.4 Å². The van der Waals surface area contributed by atoms with Crippen molar-refractivity contribution < 1.29 is 4.79 Å². The van der Waals surface area contributed by atoms with Gasteiger partial charge in [-0.25, -0.2) is 9.97 Å². The van der Waals surface area contributed by atoms with E-state index in [4.69, 9.17) is 22.3 Å². The third-order valence-corrected chi connectivity index (χ3v) is 6.46. The molecule has 1 aromatic carbocycles. The van der Waals surface area contributed by atoms with E-state index in [0.29, 0.717) is 23.1 Å². The number of nitrogens with zero attached hydrogens (tertiary/aromatic N) is 6. The number of nitrogens with two attached hydrogens (primary N) is 1. The standard InChI is InChI=1S/C22H25ClN8O.3ClH/c1-29-7-9-31(10-8-29)17-6-4-14(11-16(17)23)26-22-25-12-13-3-5-15-19(21(24)32)28-30(2)20(15)18(13)27-22;;;/h4,6,11-12H,3,5,7-10H2,1-2H3,(H2,24,32)(H,25,26,27);3*1H. The summed E-state index contributed by atoms with van der Waals surface area (Å²) in [4.78, 5) is 25.6. The van der Waals surface area contributed by atoms with Crippen LogP contribution in [0.2, 0.25) is 5.02 Å². The molecule has 35 heavy (non-hydrogen) atoms. The predicted octanol–water partition coefficient (Wildman–Crippen LogP) is 3.49. The maximum atomic E-state index is 11.8. The molecular weight excluding hydrogens is 534 g/mol. The molecule has 1 fully saturated rings. The Balaban J connectivity index is 0.00000144. The topological polar surface area (TPSA) is 105 Å². The average molecular weight is 562 g/mol. The summed E-state index contributed by atoms with van der Waals surface area (Å²) in [6, 6.07) is 5.93. The van der Waals surface area contributed by atoms with Gasteiger partial charge >= 0.3 is 0 Å². The molecule has 3 heterocycles. The van der Waals surface area contributed by atoms with Crippen molar-refractivity contribution in [3.63, 3.8) is 0 Å². The van der Waals surface area contributed by atoms with Crippen LogP contribution >= 0.6 is 48.8 Å². The Morgan fingerprint density at radius 2 is 1.80 bits per heavy atom. The highest BCUT2D eigenvalue weighted by atomic mass is 35.5. The van der Waals surface area contributed by atoms with Crippen LogP contribution < -0.4 is 16.0 Å². The van der Waals surface area contributed by atoms with Crippen molar-refractivity contribution in [3.05, 3.63) is 46.2 Å². The third kappa shape index (κ3) is 5.59. The number of hydrogen-bond donors (Lipinski definition) is 2. The maximum absolute atomic E-state index is 11.8. The number of piperazine rings is 1. The van der Waals surface area contributed by atoms with Crippen molar-refractivity contribution in [1.82, 2.24) is 24.6 Å². The van der Waals surface area contributed by atoms with E-state index < -0.39 is 5.91 Å². The Morgan fingerprint density at radius 3 is 2.46 bits per heavy atom. The first-order valence-electron chi connectivity index (χ1n) is 10.6. The zero-order valence-corrected chi connectivity index (χ0v) is 22.5. The molecule has 0 atom stereocenters. The van der Waals surface area contributed by atoms with E-state index in [1.54, 1.807) is 11.7 Å². The molecule has 2 aliphatic rings. The number of primary amides is 1. The van der Waals surface area contributed by atoms with Crippen LogP contribution in [-0.4, -0.2) is 63.8 Å². The van der Waals surface area contributed by atoms with E-state index in [2.05, 4.69) is 32.2 Å². The lowest BCUT2D eigenvalue weighted by molar-refractivity contribution is 0.0994. The summed E-state index contributed by atoms with van der Waals surface area (Å²) in [5.74, 6) is -0.0605. The van der Waals surface area contributed by atoms with Crippen LogP contribution in [0.4, 0.5) is 17.3 Å². The van der Waals surface area contributed by atoms with Gasteiger partial charge in [0.05, 0.1) is 22.1 Å². The van der Waals surface area contributed by atoms with E-state index in [0.717, 1.165) is 66.5 Å². The van der Waals surface area contributed by atoms with Crippen molar-refractivity contribution in [1.29, 1.82) is 0 Å². The number of nitrogens with one attached hydrogen (secondary N) is 1. The van der Waals surface area contributed by atoms with E-state index in [-0.39, 0.29) is 37.2 Å². The number of halogens is 4. The van der Waals surface area contributed by atoms with Gasteiger partial charge in [0.25, 0.3) is 5.91 Å². The molecule has 3 N–H and O–H groups in total. The lowest BCUT2D eigenvalue weighted by Crippen LogP contribution is -2.44. The highest BCUT2D eigenvalue weighted by Crippen LogP contribution is 2.35. The summed E-state index contributed by atoms with van der Waals surface area (Å²) >= 11 is 6.61. The fourth-order valence-electron chi connectivity index (χ4n) is 4.43. The van der Waals surface area contributed by atoms with Crippen LogP contribution in [0.1, 0.15) is 21.6 Å². The smallest absolute Gasteiger partial charge is 0.269 e. The number of carbonyl (C=O) groups is 1. The summed E-state index contributed by atoms with van der Waals surface area (Å²) in [6.45, 7) is 3.95. The van der Waals surface area contributed by atoms with Gasteiger partial charge in [-0.1, -0.05) is 11.6 Å². The zero-order chi connectivity index (χ0) is 22.4. The van der Waals surface area contributed by atoms with Crippen molar-refractivity contribution in [2.24, 2.45) is 12.8 Å². The molecule has 190 valence electrons. The molecule has 0 unspecified atom stereocenters. The number of carbonyl (C=O) groups excluding carboxylic acids is 1. The fourth-order valence-corrected chi connectivity index (χ4v) is 4.73. The molecular formula is C22H28Cl4N8O. The number of fused-ring (bicyclic) bond motifs is 3. The molecule has 0 saturated carbocycles. The summed E-state index contributed by atoms with van der Waals surface area (Å²) < 4.78 is 1.67. The minimum Gasteiger partial charge on any atom is -0.368 e. The number of rotatable bonds is 4. The number of amides is 1. The van der Waals surface area contributed by atoms with Crippen LogP contribution in [0, 0.1) is 0 Å². The number of aryl methyl sites for hydroxylation is 2. The summed E-state index contributed by atoms with van der Waals surface area (Å²) in [6.07, 6.45) is 3.25. The number of anilines is 3. The molecule has 1 aliphatic carbocycles. The van der Waals surface area contributed by atoms with Crippen LogP contribution in [0.25, 0.3) is 11.4 Å². The van der Waals surface area contributed by atoms with Crippen LogP contribution in [0.5, 0.6) is 0 Å². The van der Waals surface area contributed by atoms with Crippen molar-refractivity contribution in [3.8, 4) is 11.4 Å². The summed E-state index contributed by atoms with van der Waals surface area (Å²) in [5.41, 5.74) is 11.1. The van der Waals surface area contributed by atoms with E-state index in [1.165, 1.54) is 0 Å². The molecule has 1 saturated heterocycles. The summed E-state index contributed by atoms with van der Waals surface area (Å²) in [7, 11) is 3.93. The molecule has 1 amide bonds. The van der Waals surface area contributed by atoms with Crippen molar-refractivity contribution >= 4 is 72.1 Å². The minimum absolute atomic E-state index is 0. The van der Waals surface area contributed by atoms with Crippen LogP contribution in [0.15, 0.2) is 24.4 Å². The number of benzene rings is 1. The second-order valence-corrected chi connectivity index (χ2v) is 8.72. The molecule has 0 spiro atoms. The average Bonchev–Trinajstić information content (AvgIpc) is 3.12. The molecule has 5 rings (SSSR count). The fraction of sp³-hybridized carbons (Fsp3) is 0.364. The second-order valence-electron chi connectivity index (χ2n) is 8.31. The maximum Gasteiger partial charge on any atom is 0.269 e. The van der Waals surface area contributed by atoms with Gasteiger partial charge in [-0.3, -0.25) is 9.48 Å². The Labute approximate surface area is 227 Å². The molecule has 2 aromatic heterocycles. The van der Waals surface area contributed by atoms with Crippen LogP contribution in [-0.2, 0) is 19.9 Å². The lowest BCUT2D eigenvalue weighted by Gasteiger charge is -2.34. The molecule has 3 aromatic rings. The van der Waals surface area contributed by atoms with Gasteiger partial charge in [-0.15, -0.1) is 37.2 Å². The summed E-state index contributed by atoms with van der Waals surface area (Å²) in [5, 5.41) is 8.26. The van der Waals surface area contributed by atoms with Gasteiger partial charge < -0.3 is 20.9 Å². The highest BCUT2D eigenvalue weighted by Gasteiger charge is 2.28. The van der Waals surface area contributed by atoms with Gasteiger partial charge in [-0.05, 0) is 43.7 Å². The Bertz CT molecular complexity index is 1210. The zero-order valence-electron chi connectivity index (χ0n) is 19.3. The van der Waals surface area contributed by atoms with Crippen molar-refractivity contribution in [2.45, 2.75) is 12.8 Å². The number of likely N-dealkylation sites (N-methyl/N-ethyl adjacent to an activating group) is 1. The SMILES string of the molecule is CN1CCN(c2ccc(Nc3ncc4c(n3)-c3c(c(C(N)=O)nn3C)CC4)cc2Cl)CC1.Cl.Cl.Cl. The Hall–Kier alpha value is -2.30. The normalized spacial score (nSPS) is 14.5. The van der Waals surface area contributed by atoms with Gasteiger partial charge in [0.15, 0.2) is 5.69 Å². The largest absolute Gasteiger partial charge is 0.368 e. The van der Waals surface area contributed by atoms with Crippen LogP contribution in [0.3, 0.4) is 0 Å². The van der Waals surface area contributed by atoms with E-state index in [9.17, 15) is 4.79 Å². The number of aromatic nitrogens is 4. The monoisotopic (exact) mass is 560 g/mol. The first-order chi connectivity index (χ1) is 15.4. The third-order valence-electron chi connectivity index (χ3n) is 6.16. The van der Waals surface area contributed by atoms with Gasteiger partial charge in [0, 0.05) is 50.7 Å². The molecule has 1 aliphatic heterocycles. The first kappa shape index (κ1) is 28.9. The van der Waals surface area contributed by atoms with Crippen molar-refractivity contribution in [2.75, 3.05) is 43.4 Å². The molecule has 13 heteroatoms. The number of hydrogen-bond acceptors (Lipinski definition) is 7. The van der Waals surface area contributed by atoms with E-state index >= 15 is 0 Å². The van der Waals surface area contributed by atoms with Gasteiger partial charge in [0.2, 0.25) is 5.95 Å². The second kappa shape index (κ2) is 11.6. The highest BCUT2D eigenvalue weighted by molar-refractivity contribution is 6.33. The van der Waals surface area contributed by atoms with Gasteiger partial charge in [0.1, 0.15) is 0 Å². The van der Waals surface area contributed by atoms with Gasteiger partial charge in [-0.2, -0.15) is 5.10 Å². The molecule has 0 bridgehead atoms. The minimum atomic E-state index is -0.521. The lowest BCUT2D eigenvalue weighted by atomic mass is 9.93.